The first-order chi connectivity index (χ1) is 9.24. The van der Waals surface area contributed by atoms with Crippen molar-refractivity contribution >= 4 is 11.7 Å². The lowest BCUT2D eigenvalue weighted by Gasteiger charge is -2.23. The third-order valence-electron chi connectivity index (χ3n) is 2.93. The first kappa shape index (κ1) is 13.2. The minimum Gasteiger partial charge on any atom is -0.316 e. The highest BCUT2D eigenvalue weighted by atomic mass is 16.2. The van der Waals surface area contributed by atoms with Crippen molar-refractivity contribution in [3.05, 3.63) is 60.3 Å². The predicted octanol–water partition coefficient (Wildman–Crippen LogP) is 2.13. The fourth-order valence-electron chi connectivity index (χ4n) is 1.91. The first-order valence-corrected chi connectivity index (χ1v) is 6.27. The fraction of sp³-hybridized carbons (Fsp3) is 0.200. The van der Waals surface area contributed by atoms with Crippen molar-refractivity contribution in [3.8, 4) is 0 Å². The average molecular weight is 255 g/mol. The Bertz CT molecular complexity index is 528. The van der Waals surface area contributed by atoms with Crippen LogP contribution in [-0.4, -0.2) is 17.4 Å². The molecule has 1 heterocycles. The number of aromatic nitrogens is 1. The fourth-order valence-corrected chi connectivity index (χ4v) is 1.91. The molecule has 2 aromatic rings. The lowest BCUT2D eigenvalue weighted by Crippen LogP contribution is -2.39. The van der Waals surface area contributed by atoms with Crippen LogP contribution in [0.3, 0.4) is 0 Å². The lowest BCUT2D eigenvalue weighted by molar-refractivity contribution is -0.119. The van der Waals surface area contributed by atoms with Crippen LogP contribution < -0.4 is 10.6 Å². The third-order valence-corrected chi connectivity index (χ3v) is 2.93. The second-order valence-electron chi connectivity index (χ2n) is 4.16. The highest BCUT2D eigenvalue weighted by Crippen LogP contribution is 2.17. The largest absolute Gasteiger partial charge is 0.316 e. The van der Waals surface area contributed by atoms with Crippen LogP contribution in [0.2, 0.25) is 0 Å². The van der Waals surface area contributed by atoms with Crippen molar-refractivity contribution in [2.75, 3.05) is 11.4 Å². The molecule has 2 N–H and O–H groups in total. The molecule has 0 radical (unpaired) electrons. The maximum absolute atomic E-state index is 12.4. The van der Waals surface area contributed by atoms with E-state index in [-0.39, 0.29) is 5.91 Å². The summed E-state index contributed by atoms with van der Waals surface area (Å²) in [5.41, 5.74) is 6.84. The molecule has 0 aliphatic rings. The van der Waals surface area contributed by atoms with Crippen LogP contribution in [0.15, 0.2) is 54.7 Å². The number of likely N-dealkylation sites (N-methyl/N-ethyl adjacent to an activating group) is 1. The Morgan fingerprint density at radius 1 is 1.21 bits per heavy atom. The van der Waals surface area contributed by atoms with Crippen molar-refractivity contribution in [2.45, 2.75) is 13.0 Å². The SMILES string of the molecule is CCN(C(=O)C(N)c1ccccc1)c1ccccn1. The van der Waals surface area contributed by atoms with E-state index in [4.69, 9.17) is 5.73 Å². The summed E-state index contributed by atoms with van der Waals surface area (Å²) in [7, 11) is 0. The van der Waals surface area contributed by atoms with Crippen molar-refractivity contribution in [1.29, 1.82) is 0 Å². The van der Waals surface area contributed by atoms with Crippen LogP contribution in [0.4, 0.5) is 5.82 Å². The van der Waals surface area contributed by atoms with Gasteiger partial charge in [0.2, 0.25) is 5.91 Å². The summed E-state index contributed by atoms with van der Waals surface area (Å²) in [5.74, 6) is 0.480. The molecule has 1 amide bonds. The van der Waals surface area contributed by atoms with E-state index in [1.807, 2.05) is 49.4 Å². The van der Waals surface area contributed by atoms with Gasteiger partial charge in [-0.15, -0.1) is 0 Å². The van der Waals surface area contributed by atoms with Gasteiger partial charge in [0.1, 0.15) is 11.9 Å². The van der Waals surface area contributed by atoms with E-state index in [1.54, 1.807) is 17.2 Å². The second kappa shape index (κ2) is 6.11. The maximum Gasteiger partial charge on any atom is 0.249 e. The number of carbonyl (C=O) groups is 1. The van der Waals surface area contributed by atoms with Gasteiger partial charge in [-0.1, -0.05) is 36.4 Å². The van der Waals surface area contributed by atoms with Crippen LogP contribution in [0.25, 0.3) is 0 Å². The van der Waals surface area contributed by atoms with Crippen LogP contribution in [0, 0.1) is 0 Å². The zero-order valence-electron chi connectivity index (χ0n) is 10.9. The summed E-state index contributed by atoms with van der Waals surface area (Å²) >= 11 is 0. The number of amides is 1. The summed E-state index contributed by atoms with van der Waals surface area (Å²) in [6, 6.07) is 14.2. The van der Waals surface area contributed by atoms with Crippen LogP contribution in [-0.2, 0) is 4.79 Å². The molecule has 4 heteroatoms. The second-order valence-corrected chi connectivity index (χ2v) is 4.16. The van der Waals surface area contributed by atoms with E-state index in [9.17, 15) is 4.79 Å². The van der Waals surface area contributed by atoms with Gasteiger partial charge in [0.15, 0.2) is 0 Å². The molecule has 0 spiro atoms. The van der Waals surface area contributed by atoms with Gasteiger partial charge < -0.3 is 5.73 Å². The van der Waals surface area contributed by atoms with Crippen molar-refractivity contribution < 1.29 is 4.79 Å². The zero-order valence-corrected chi connectivity index (χ0v) is 10.9. The molecule has 0 aliphatic carbocycles. The summed E-state index contributed by atoms with van der Waals surface area (Å²) < 4.78 is 0. The van der Waals surface area contributed by atoms with E-state index in [1.165, 1.54) is 0 Å². The van der Waals surface area contributed by atoms with Crippen LogP contribution in [0.5, 0.6) is 0 Å². The Labute approximate surface area is 112 Å². The van der Waals surface area contributed by atoms with E-state index >= 15 is 0 Å². The summed E-state index contributed by atoms with van der Waals surface area (Å²) in [5, 5.41) is 0. The Morgan fingerprint density at radius 2 is 1.89 bits per heavy atom. The number of hydrogen-bond acceptors (Lipinski definition) is 3. The van der Waals surface area contributed by atoms with E-state index in [0.717, 1.165) is 5.56 Å². The first-order valence-electron chi connectivity index (χ1n) is 6.27. The Balaban J connectivity index is 2.22. The minimum atomic E-state index is -0.664. The molecule has 0 aliphatic heterocycles. The molecule has 1 unspecified atom stereocenters. The summed E-state index contributed by atoms with van der Waals surface area (Å²) in [6.07, 6.45) is 1.67. The minimum absolute atomic E-state index is 0.146. The molecule has 0 saturated carbocycles. The molecule has 1 atom stereocenters. The molecule has 0 saturated heterocycles. The Kier molecular flexibility index (Phi) is 4.26. The number of nitrogens with zero attached hydrogens (tertiary/aromatic N) is 2. The normalized spacial score (nSPS) is 11.9. The number of pyridine rings is 1. The number of carbonyl (C=O) groups excluding carboxylic acids is 1. The quantitative estimate of drug-likeness (QED) is 0.910. The highest BCUT2D eigenvalue weighted by molar-refractivity contribution is 5.96. The van der Waals surface area contributed by atoms with Gasteiger partial charge in [-0.2, -0.15) is 0 Å². The molecule has 1 aromatic carbocycles. The number of nitrogens with two attached hydrogens (primary N) is 1. The Morgan fingerprint density at radius 3 is 2.47 bits per heavy atom. The van der Waals surface area contributed by atoms with Gasteiger partial charge >= 0.3 is 0 Å². The van der Waals surface area contributed by atoms with Gasteiger partial charge in [-0.25, -0.2) is 4.98 Å². The molecule has 4 nitrogen and oxygen atoms in total. The lowest BCUT2D eigenvalue weighted by atomic mass is 10.1. The van der Waals surface area contributed by atoms with Gasteiger partial charge in [0.05, 0.1) is 0 Å². The Hall–Kier alpha value is -2.20. The number of anilines is 1. The van der Waals surface area contributed by atoms with E-state index in [0.29, 0.717) is 12.4 Å². The monoisotopic (exact) mass is 255 g/mol. The number of rotatable bonds is 4. The summed E-state index contributed by atoms with van der Waals surface area (Å²) in [6.45, 7) is 2.45. The molecule has 98 valence electrons. The third kappa shape index (κ3) is 2.98. The molecule has 2 rings (SSSR count). The topological polar surface area (TPSA) is 59.2 Å². The molecule has 19 heavy (non-hydrogen) atoms. The van der Waals surface area contributed by atoms with Crippen molar-refractivity contribution in [2.24, 2.45) is 5.73 Å². The predicted molar refractivity (Wildman–Crippen MR) is 75.6 cm³/mol. The molecular formula is C15H17N3O. The standard InChI is InChI=1S/C15H17N3O/c1-2-18(13-10-6-7-11-17-13)15(19)14(16)12-8-4-3-5-9-12/h3-11,14H,2,16H2,1H3. The summed E-state index contributed by atoms with van der Waals surface area (Å²) in [4.78, 5) is 18.2. The molecule has 1 aromatic heterocycles. The molecular weight excluding hydrogens is 238 g/mol. The van der Waals surface area contributed by atoms with Crippen LogP contribution >= 0.6 is 0 Å². The zero-order chi connectivity index (χ0) is 13.7. The molecule has 0 bridgehead atoms. The van der Waals surface area contributed by atoms with E-state index < -0.39 is 6.04 Å². The van der Waals surface area contributed by atoms with Crippen molar-refractivity contribution in [1.82, 2.24) is 4.98 Å². The number of hydrogen-bond donors (Lipinski definition) is 1. The smallest absolute Gasteiger partial charge is 0.249 e. The van der Waals surface area contributed by atoms with Gasteiger partial charge in [-0.05, 0) is 24.6 Å². The van der Waals surface area contributed by atoms with Gasteiger partial charge in [0, 0.05) is 12.7 Å². The highest BCUT2D eigenvalue weighted by Gasteiger charge is 2.22. The average Bonchev–Trinajstić information content (AvgIpc) is 2.49. The van der Waals surface area contributed by atoms with E-state index in [2.05, 4.69) is 4.98 Å². The molecule has 0 fully saturated rings. The maximum atomic E-state index is 12.4. The van der Waals surface area contributed by atoms with Crippen molar-refractivity contribution in [3.63, 3.8) is 0 Å². The number of benzene rings is 1. The van der Waals surface area contributed by atoms with Crippen LogP contribution in [0.1, 0.15) is 18.5 Å². The van der Waals surface area contributed by atoms with Gasteiger partial charge in [-0.3, -0.25) is 9.69 Å². The van der Waals surface area contributed by atoms with Gasteiger partial charge in [0.25, 0.3) is 0 Å².